The number of amides is 2. The molecule has 1 aromatic carbocycles. The van der Waals surface area contributed by atoms with E-state index in [1.54, 1.807) is 4.68 Å². The first kappa shape index (κ1) is 26.0. The summed E-state index contributed by atoms with van der Waals surface area (Å²) in [5.41, 5.74) is 1.60. The van der Waals surface area contributed by atoms with Crippen LogP contribution >= 0.6 is 0 Å². The molecule has 2 aliphatic rings. The first-order valence-electron chi connectivity index (χ1n) is 13.5. The van der Waals surface area contributed by atoms with Gasteiger partial charge in [0.1, 0.15) is 5.69 Å². The van der Waals surface area contributed by atoms with Crippen LogP contribution in [0.2, 0.25) is 0 Å². The van der Waals surface area contributed by atoms with Gasteiger partial charge in [-0.25, -0.2) is 0 Å². The van der Waals surface area contributed by atoms with E-state index in [2.05, 4.69) is 20.9 Å². The van der Waals surface area contributed by atoms with Gasteiger partial charge in [0.05, 0.1) is 18.3 Å². The number of carbonyl (C=O) groups is 3. The number of Topliss-reactive ketones (excluding diaryl/α,β-unsaturated/α-hetero) is 1. The molecule has 194 valence electrons. The molecule has 2 saturated carbocycles. The first-order valence-corrected chi connectivity index (χ1v) is 13.5. The molecule has 2 amide bonds. The predicted octanol–water partition coefficient (Wildman–Crippen LogP) is 3.82. The summed E-state index contributed by atoms with van der Waals surface area (Å²) >= 11 is 0. The van der Waals surface area contributed by atoms with Crippen molar-refractivity contribution in [3.63, 3.8) is 0 Å². The number of nitrogens with zero attached hydrogens (tertiary/aromatic N) is 3. The van der Waals surface area contributed by atoms with E-state index in [4.69, 9.17) is 0 Å². The van der Waals surface area contributed by atoms with Gasteiger partial charge in [-0.2, -0.15) is 0 Å². The lowest BCUT2D eigenvalue weighted by Crippen LogP contribution is -2.49. The van der Waals surface area contributed by atoms with Crippen molar-refractivity contribution in [3.8, 4) is 0 Å². The smallest absolute Gasteiger partial charge is 0.224 e. The van der Waals surface area contributed by atoms with E-state index < -0.39 is 18.0 Å². The van der Waals surface area contributed by atoms with Crippen molar-refractivity contribution in [3.05, 3.63) is 47.8 Å². The van der Waals surface area contributed by atoms with Gasteiger partial charge in [0, 0.05) is 24.3 Å². The molecule has 6 atom stereocenters. The Bertz CT molecular complexity index is 1050. The number of nitrogens with one attached hydrogen (secondary N) is 2. The number of hydrogen-bond acceptors (Lipinski definition) is 5. The van der Waals surface area contributed by atoms with Crippen LogP contribution in [0.3, 0.4) is 0 Å². The number of ketones is 1. The normalized spacial score (nSPS) is 25.8. The quantitative estimate of drug-likeness (QED) is 0.582. The summed E-state index contributed by atoms with van der Waals surface area (Å²) in [5.74, 6) is -0.885. The Labute approximate surface area is 213 Å². The van der Waals surface area contributed by atoms with Crippen molar-refractivity contribution < 1.29 is 14.4 Å². The van der Waals surface area contributed by atoms with Gasteiger partial charge >= 0.3 is 0 Å². The van der Waals surface area contributed by atoms with Crippen molar-refractivity contribution in [1.82, 2.24) is 25.6 Å². The van der Waals surface area contributed by atoms with Crippen molar-refractivity contribution in [1.29, 1.82) is 0 Å². The molecule has 4 rings (SSSR count). The maximum atomic E-state index is 13.8. The van der Waals surface area contributed by atoms with Crippen LogP contribution in [0.4, 0.5) is 0 Å². The van der Waals surface area contributed by atoms with E-state index in [1.807, 2.05) is 57.3 Å². The molecular weight excluding hydrogens is 454 g/mol. The molecule has 2 aliphatic carbocycles. The van der Waals surface area contributed by atoms with E-state index in [0.717, 1.165) is 37.7 Å². The molecule has 0 radical (unpaired) electrons. The fourth-order valence-corrected chi connectivity index (χ4v) is 5.73. The highest BCUT2D eigenvalue weighted by atomic mass is 16.2. The van der Waals surface area contributed by atoms with E-state index in [-0.39, 0.29) is 35.4 Å². The Morgan fingerprint density at radius 3 is 2.53 bits per heavy atom. The van der Waals surface area contributed by atoms with Crippen LogP contribution in [0.15, 0.2) is 36.5 Å². The number of hydrogen-bond donors (Lipinski definition) is 2. The summed E-state index contributed by atoms with van der Waals surface area (Å²) < 4.78 is 1.74. The number of benzene rings is 1. The Morgan fingerprint density at radius 1 is 1.08 bits per heavy atom. The van der Waals surface area contributed by atoms with Gasteiger partial charge < -0.3 is 10.6 Å². The Balaban J connectivity index is 1.56. The Kier molecular flexibility index (Phi) is 8.54. The lowest BCUT2D eigenvalue weighted by Gasteiger charge is -2.31. The number of carbonyl (C=O) groups excluding carboxylic acids is 3. The zero-order chi connectivity index (χ0) is 25.7. The minimum atomic E-state index is -0.512. The maximum absolute atomic E-state index is 13.8. The van der Waals surface area contributed by atoms with Gasteiger partial charge in [-0.1, -0.05) is 62.2 Å². The summed E-state index contributed by atoms with van der Waals surface area (Å²) in [5, 5.41) is 14.7. The van der Waals surface area contributed by atoms with Gasteiger partial charge in [0.25, 0.3) is 0 Å². The second-order valence-electron chi connectivity index (χ2n) is 10.4. The van der Waals surface area contributed by atoms with E-state index in [9.17, 15) is 14.4 Å². The molecule has 0 aliphatic heterocycles. The standard InChI is InChI=1S/C28H39N5O3/c1-4-18(3)27(35)29-22-14-10-9-11-19-15-16-21(24(19)26(22)34)28(36)30-25(20-12-7-6-8-13-20)23-17-33(5-2)32-31-23/h6-8,12-13,17-19,21-22,24-25H,4-5,9-11,14-16H2,1-3H3,(H,29,35)(H,30,36)/t18-,19+,21?,22+,24?,25+/m1/s1. The monoisotopic (exact) mass is 493 g/mol. The SMILES string of the molecule is CC[C@@H](C)C(=O)N[C@H]1CCCC[C@H]2CCC(C(=O)N[C@@H](c3ccccc3)c3cn(CC)nn3)C2C1=O. The molecule has 8 nitrogen and oxygen atoms in total. The summed E-state index contributed by atoms with van der Waals surface area (Å²) in [4.78, 5) is 40.2. The predicted molar refractivity (Wildman–Crippen MR) is 137 cm³/mol. The number of rotatable bonds is 8. The average molecular weight is 494 g/mol. The molecular formula is C28H39N5O3. The van der Waals surface area contributed by atoms with E-state index in [1.165, 1.54) is 0 Å². The second-order valence-corrected chi connectivity index (χ2v) is 10.4. The van der Waals surface area contributed by atoms with Gasteiger partial charge in [0.2, 0.25) is 11.8 Å². The molecule has 8 heteroatoms. The van der Waals surface area contributed by atoms with Crippen LogP contribution in [0.25, 0.3) is 0 Å². The zero-order valence-corrected chi connectivity index (χ0v) is 21.7. The number of aryl methyl sites for hydroxylation is 1. The lowest BCUT2D eigenvalue weighted by atomic mass is 9.77. The Morgan fingerprint density at radius 2 is 1.83 bits per heavy atom. The molecule has 2 unspecified atom stereocenters. The molecule has 1 aromatic heterocycles. The molecule has 2 N–H and O–H groups in total. The number of aromatic nitrogens is 3. The summed E-state index contributed by atoms with van der Waals surface area (Å²) in [6.45, 7) is 6.53. The second kappa shape index (κ2) is 11.8. The van der Waals surface area contributed by atoms with Gasteiger partial charge in [0.15, 0.2) is 5.78 Å². The Hall–Kier alpha value is -3.03. The van der Waals surface area contributed by atoms with E-state index >= 15 is 0 Å². The van der Waals surface area contributed by atoms with Crippen LogP contribution in [-0.2, 0) is 20.9 Å². The third kappa shape index (κ3) is 5.68. The third-order valence-electron chi connectivity index (χ3n) is 8.09. The lowest BCUT2D eigenvalue weighted by molar-refractivity contribution is -0.137. The van der Waals surface area contributed by atoms with Gasteiger partial charge in [-0.3, -0.25) is 19.1 Å². The van der Waals surface area contributed by atoms with Crippen molar-refractivity contribution in [2.45, 2.75) is 84.3 Å². The summed E-state index contributed by atoms with van der Waals surface area (Å²) in [6.07, 6.45) is 7.67. The van der Waals surface area contributed by atoms with Crippen LogP contribution in [0.5, 0.6) is 0 Å². The topological polar surface area (TPSA) is 106 Å². The zero-order valence-electron chi connectivity index (χ0n) is 21.7. The van der Waals surface area contributed by atoms with Gasteiger partial charge in [-0.15, -0.1) is 5.10 Å². The molecule has 2 fully saturated rings. The van der Waals surface area contributed by atoms with Crippen LogP contribution in [0.1, 0.15) is 83.0 Å². The fourth-order valence-electron chi connectivity index (χ4n) is 5.73. The van der Waals surface area contributed by atoms with Crippen LogP contribution in [0, 0.1) is 23.7 Å². The van der Waals surface area contributed by atoms with Crippen LogP contribution in [-0.4, -0.2) is 38.6 Å². The van der Waals surface area contributed by atoms with Crippen LogP contribution < -0.4 is 10.6 Å². The van der Waals surface area contributed by atoms with Gasteiger partial charge in [-0.05, 0) is 50.5 Å². The van der Waals surface area contributed by atoms with Crippen molar-refractivity contribution in [2.24, 2.45) is 23.7 Å². The first-order chi connectivity index (χ1) is 17.4. The molecule has 36 heavy (non-hydrogen) atoms. The highest BCUT2D eigenvalue weighted by Crippen LogP contribution is 2.43. The van der Waals surface area contributed by atoms with E-state index in [0.29, 0.717) is 25.1 Å². The highest BCUT2D eigenvalue weighted by molar-refractivity contribution is 5.95. The molecule has 0 spiro atoms. The summed E-state index contributed by atoms with van der Waals surface area (Å²) in [6, 6.07) is 8.79. The minimum Gasteiger partial charge on any atom is -0.346 e. The molecule has 1 heterocycles. The molecule has 0 saturated heterocycles. The minimum absolute atomic E-state index is 0.0298. The molecule has 0 bridgehead atoms. The van der Waals surface area contributed by atoms with Crippen molar-refractivity contribution >= 4 is 17.6 Å². The average Bonchev–Trinajstić information content (AvgIpc) is 3.54. The third-order valence-corrected chi connectivity index (χ3v) is 8.09. The summed E-state index contributed by atoms with van der Waals surface area (Å²) in [7, 11) is 0. The maximum Gasteiger partial charge on any atom is 0.224 e. The number of fused-ring (bicyclic) bond motifs is 1. The van der Waals surface area contributed by atoms with Crippen molar-refractivity contribution in [2.75, 3.05) is 0 Å². The fraction of sp³-hybridized carbons (Fsp3) is 0.607. The largest absolute Gasteiger partial charge is 0.346 e. The molecule has 2 aromatic rings. The highest BCUT2D eigenvalue weighted by Gasteiger charge is 2.47.